The van der Waals surface area contributed by atoms with Gasteiger partial charge >= 0.3 is 0 Å². The SMILES string of the molecule is COCC(=O)N1CCC2(CCNC2)CC1.Cl. The lowest BCUT2D eigenvalue weighted by Gasteiger charge is -2.38. The van der Waals surface area contributed by atoms with Crippen LogP contribution in [0.1, 0.15) is 19.3 Å². The van der Waals surface area contributed by atoms with Crippen LogP contribution in [0.2, 0.25) is 0 Å². The molecule has 2 aliphatic rings. The van der Waals surface area contributed by atoms with Crippen LogP contribution in [-0.4, -0.2) is 50.7 Å². The van der Waals surface area contributed by atoms with E-state index in [2.05, 4.69) is 5.32 Å². The molecule has 0 aliphatic carbocycles. The molecule has 2 heterocycles. The molecule has 0 saturated carbocycles. The summed E-state index contributed by atoms with van der Waals surface area (Å²) >= 11 is 0. The summed E-state index contributed by atoms with van der Waals surface area (Å²) in [6.45, 7) is 4.32. The minimum atomic E-state index is 0. The Kier molecular flexibility index (Phi) is 5.02. The summed E-state index contributed by atoms with van der Waals surface area (Å²) in [6.07, 6.45) is 3.57. The van der Waals surface area contributed by atoms with Gasteiger partial charge in [-0.15, -0.1) is 12.4 Å². The molecule has 16 heavy (non-hydrogen) atoms. The van der Waals surface area contributed by atoms with Gasteiger partial charge in [0.2, 0.25) is 5.91 Å². The smallest absolute Gasteiger partial charge is 0.248 e. The first kappa shape index (κ1) is 13.7. The summed E-state index contributed by atoms with van der Waals surface area (Å²) in [5.41, 5.74) is 0.490. The third-order valence-corrected chi connectivity index (χ3v) is 3.78. The second kappa shape index (κ2) is 5.84. The van der Waals surface area contributed by atoms with Crippen LogP contribution in [0.5, 0.6) is 0 Å². The number of nitrogens with one attached hydrogen (secondary N) is 1. The lowest BCUT2D eigenvalue weighted by atomic mass is 9.78. The third-order valence-electron chi connectivity index (χ3n) is 3.78. The van der Waals surface area contributed by atoms with Gasteiger partial charge in [-0.25, -0.2) is 0 Å². The minimum Gasteiger partial charge on any atom is -0.375 e. The molecule has 1 amide bonds. The van der Waals surface area contributed by atoms with Crippen LogP contribution in [0.25, 0.3) is 0 Å². The standard InChI is InChI=1S/C11H20N2O2.ClH/c1-15-8-10(14)13-6-3-11(4-7-13)2-5-12-9-11;/h12H,2-9H2,1H3;1H. The van der Waals surface area contributed by atoms with Crippen molar-refractivity contribution in [2.75, 3.05) is 39.9 Å². The molecule has 2 rings (SSSR count). The predicted octanol–water partition coefficient (Wildman–Crippen LogP) is 0.657. The van der Waals surface area contributed by atoms with Crippen LogP contribution >= 0.6 is 12.4 Å². The molecule has 2 fully saturated rings. The number of halogens is 1. The number of likely N-dealkylation sites (tertiary alicyclic amines) is 1. The van der Waals surface area contributed by atoms with Crippen molar-refractivity contribution in [2.24, 2.45) is 5.41 Å². The first-order valence-corrected chi connectivity index (χ1v) is 5.73. The first-order chi connectivity index (χ1) is 7.26. The molecular weight excluding hydrogens is 228 g/mol. The Labute approximate surface area is 103 Å². The van der Waals surface area contributed by atoms with Crippen molar-refractivity contribution in [3.63, 3.8) is 0 Å². The number of carbonyl (C=O) groups excluding carboxylic acids is 1. The molecule has 0 atom stereocenters. The minimum absolute atomic E-state index is 0. The summed E-state index contributed by atoms with van der Waals surface area (Å²) in [6, 6.07) is 0. The average molecular weight is 249 g/mol. The highest BCUT2D eigenvalue weighted by Crippen LogP contribution is 2.36. The molecule has 0 aromatic carbocycles. The van der Waals surface area contributed by atoms with E-state index in [4.69, 9.17) is 4.74 Å². The lowest BCUT2D eigenvalue weighted by molar-refractivity contribution is -0.137. The average Bonchev–Trinajstić information content (AvgIpc) is 2.68. The maximum Gasteiger partial charge on any atom is 0.248 e. The van der Waals surface area contributed by atoms with Gasteiger partial charge in [-0.05, 0) is 31.2 Å². The molecule has 0 aromatic rings. The van der Waals surface area contributed by atoms with E-state index in [-0.39, 0.29) is 24.9 Å². The van der Waals surface area contributed by atoms with E-state index >= 15 is 0 Å². The zero-order valence-corrected chi connectivity index (χ0v) is 10.6. The zero-order valence-electron chi connectivity index (χ0n) is 9.83. The van der Waals surface area contributed by atoms with Gasteiger partial charge in [-0.2, -0.15) is 0 Å². The van der Waals surface area contributed by atoms with Gasteiger partial charge in [0.15, 0.2) is 0 Å². The monoisotopic (exact) mass is 248 g/mol. The van der Waals surface area contributed by atoms with E-state index in [1.165, 1.54) is 6.42 Å². The highest BCUT2D eigenvalue weighted by atomic mass is 35.5. The van der Waals surface area contributed by atoms with Crippen molar-refractivity contribution in [2.45, 2.75) is 19.3 Å². The van der Waals surface area contributed by atoms with Crippen LogP contribution in [-0.2, 0) is 9.53 Å². The van der Waals surface area contributed by atoms with Gasteiger partial charge in [0.05, 0.1) is 0 Å². The molecule has 0 radical (unpaired) electrons. The fourth-order valence-corrected chi connectivity index (χ4v) is 2.67. The Bertz CT molecular complexity index is 232. The van der Waals surface area contributed by atoms with Crippen LogP contribution in [0, 0.1) is 5.41 Å². The molecule has 0 unspecified atom stereocenters. The molecule has 1 N–H and O–H groups in total. The molecule has 4 nitrogen and oxygen atoms in total. The van der Waals surface area contributed by atoms with Crippen molar-refractivity contribution in [1.82, 2.24) is 10.2 Å². The van der Waals surface area contributed by atoms with Crippen LogP contribution in [0.3, 0.4) is 0 Å². The van der Waals surface area contributed by atoms with E-state index in [1.807, 2.05) is 4.90 Å². The van der Waals surface area contributed by atoms with Gasteiger partial charge in [0.25, 0.3) is 0 Å². The van der Waals surface area contributed by atoms with Crippen molar-refractivity contribution in [3.05, 3.63) is 0 Å². The number of rotatable bonds is 2. The van der Waals surface area contributed by atoms with Crippen molar-refractivity contribution in [1.29, 1.82) is 0 Å². The fraction of sp³-hybridized carbons (Fsp3) is 0.909. The van der Waals surface area contributed by atoms with Crippen LogP contribution in [0.15, 0.2) is 0 Å². The fourth-order valence-electron chi connectivity index (χ4n) is 2.67. The molecule has 1 spiro atoms. The molecule has 5 heteroatoms. The van der Waals surface area contributed by atoms with Crippen molar-refractivity contribution >= 4 is 18.3 Å². The quantitative estimate of drug-likeness (QED) is 0.781. The summed E-state index contributed by atoms with van der Waals surface area (Å²) < 4.78 is 4.87. The van der Waals surface area contributed by atoms with Crippen molar-refractivity contribution in [3.8, 4) is 0 Å². The molecular formula is C11H21ClN2O2. The maximum absolute atomic E-state index is 11.6. The van der Waals surface area contributed by atoms with E-state index < -0.39 is 0 Å². The predicted molar refractivity (Wildman–Crippen MR) is 64.9 cm³/mol. The second-order valence-corrected chi connectivity index (χ2v) is 4.74. The first-order valence-electron chi connectivity index (χ1n) is 5.73. The number of piperidine rings is 1. The molecule has 0 aromatic heterocycles. The molecule has 94 valence electrons. The summed E-state index contributed by atoms with van der Waals surface area (Å²) in [4.78, 5) is 13.5. The Hall–Kier alpha value is -0.320. The van der Waals surface area contributed by atoms with E-state index in [1.54, 1.807) is 7.11 Å². The summed E-state index contributed by atoms with van der Waals surface area (Å²) in [5, 5.41) is 3.42. The van der Waals surface area contributed by atoms with Gasteiger partial charge < -0.3 is 15.0 Å². The number of carbonyl (C=O) groups is 1. The van der Waals surface area contributed by atoms with Gasteiger partial charge in [0, 0.05) is 26.7 Å². The molecule has 2 saturated heterocycles. The number of hydrogen-bond donors (Lipinski definition) is 1. The second-order valence-electron chi connectivity index (χ2n) is 4.74. The topological polar surface area (TPSA) is 41.6 Å². The van der Waals surface area contributed by atoms with Gasteiger partial charge in [-0.3, -0.25) is 4.79 Å². The maximum atomic E-state index is 11.6. The number of ether oxygens (including phenoxy) is 1. The highest BCUT2D eigenvalue weighted by molar-refractivity contribution is 5.85. The Morgan fingerprint density at radius 2 is 2.06 bits per heavy atom. The van der Waals surface area contributed by atoms with Crippen LogP contribution in [0.4, 0.5) is 0 Å². The van der Waals surface area contributed by atoms with Gasteiger partial charge in [0.1, 0.15) is 6.61 Å². The van der Waals surface area contributed by atoms with E-state index in [9.17, 15) is 4.79 Å². The number of amides is 1. The highest BCUT2D eigenvalue weighted by Gasteiger charge is 2.37. The summed E-state index contributed by atoms with van der Waals surface area (Å²) in [7, 11) is 1.57. The van der Waals surface area contributed by atoms with E-state index in [0.717, 1.165) is 39.0 Å². The lowest BCUT2D eigenvalue weighted by Crippen LogP contribution is -2.45. The zero-order chi connectivity index (χ0) is 10.7. The van der Waals surface area contributed by atoms with Gasteiger partial charge in [-0.1, -0.05) is 0 Å². The number of hydrogen-bond acceptors (Lipinski definition) is 3. The number of methoxy groups -OCH3 is 1. The molecule has 0 bridgehead atoms. The third kappa shape index (κ3) is 2.87. The Balaban J connectivity index is 0.00000128. The Morgan fingerprint density at radius 3 is 2.56 bits per heavy atom. The largest absolute Gasteiger partial charge is 0.375 e. The summed E-state index contributed by atoms with van der Waals surface area (Å²) in [5.74, 6) is 0.137. The normalized spacial score (nSPS) is 23.2. The number of nitrogens with zero attached hydrogens (tertiary/aromatic N) is 1. The Morgan fingerprint density at radius 1 is 1.38 bits per heavy atom. The van der Waals surface area contributed by atoms with Crippen molar-refractivity contribution < 1.29 is 9.53 Å². The molecule has 2 aliphatic heterocycles. The van der Waals surface area contributed by atoms with E-state index in [0.29, 0.717) is 5.41 Å². The van der Waals surface area contributed by atoms with Crippen LogP contribution < -0.4 is 5.32 Å².